The van der Waals surface area contributed by atoms with Crippen LogP contribution in [0.15, 0.2) is 0 Å². The van der Waals surface area contributed by atoms with Crippen molar-refractivity contribution in [3.8, 4) is 0 Å². The van der Waals surface area contributed by atoms with Crippen molar-refractivity contribution in [2.75, 3.05) is 0 Å². The van der Waals surface area contributed by atoms with Crippen LogP contribution < -0.4 is 0 Å². The van der Waals surface area contributed by atoms with Crippen LogP contribution in [0.3, 0.4) is 0 Å². The Labute approximate surface area is 76.9 Å². The third kappa shape index (κ3) is 6.20. The fourth-order valence-electron chi connectivity index (χ4n) is 0.470. The first-order valence-corrected chi connectivity index (χ1v) is 3.24. The molecule has 0 radical (unpaired) electrons. The monoisotopic (exact) mass is 235 g/mol. The Bertz CT molecular complexity index is 107. The van der Waals surface area contributed by atoms with Gasteiger partial charge in [0.05, 0.1) is 6.42 Å². The van der Waals surface area contributed by atoms with Crippen LogP contribution in [-0.4, -0.2) is 11.6 Å². The van der Waals surface area contributed by atoms with E-state index in [0.29, 0.717) is 12.8 Å². The first kappa shape index (κ1) is 12.7. The fourth-order valence-corrected chi connectivity index (χ4v) is 0.470. The van der Waals surface area contributed by atoms with E-state index in [4.69, 9.17) is 0 Å². The second-order valence-corrected chi connectivity index (χ2v) is 1.96. The number of ketones is 2. The zero-order chi connectivity index (χ0) is 7.28. The van der Waals surface area contributed by atoms with E-state index in [1.165, 1.54) is 0 Å². The molecule has 0 heterocycles. The summed E-state index contributed by atoms with van der Waals surface area (Å²) >= 11 is 0. The van der Waals surface area contributed by atoms with Gasteiger partial charge in [-0.25, -0.2) is 0 Å². The van der Waals surface area contributed by atoms with Gasteiger partial charge < -0.3 is 0 Å². The first-order chi connectivity index (χ1) is 4.20. The van der Waals surface area contributed by atoms with E-state index >= 15 is 0 Å². The third-order valence-electron chi connectivity index (χ3n) is 1.18. The maximum atomic E-state index is 10.6. The Hall–Kier alpha value is 0.0803. The molecule has 0 unspecified atom stereocenters. The molecule has 0 aromatic rings. The number of hydrogen-bond donors (Lipinski definition) is 0. The van der Waals surface area contributed by atoms with Crippen molar-refractivity contribution in [2.45, 2.75) is 33.1 Å². The second kappa shape index (κ2) is 7.19. The van der Waals surface area contributed by atoms with Gasteiger partial charge in [-0.1, -0.05) is 13.8 Å². The molecule has 0 aliphatic rings. The Morgan fingerprint density at radius 1 is 1.00 bits per heavy atom. The zero-order valence-corrected chi connectivity index (χ0v) is 7.72. The van der Waals surface area contributed by atoms with Crippen LogP contribution in [0.25, 0.3) is 0 Å². The number of Topliss-reactive ketones (excluding diaryl/α,β-unsaturated/α-hetero) is 2. The molecule has 3 heteroatoms. The SMILES string of the molecule is CCC(=O)CC(=O)CC.[Ag+]. The number of carbonyl (C=O) groups is 2. The Morgan fingerprint density at radius 3 is 1.50 bits per heavy atom. The minimum Gasteiger partial charge on any atom is -0.299 e. The van der Waals surface area contributed by atoms with Gasteiger partial charge in [0.1, 0.15) is 11.6 Å². The van der Waals surface area contributed by atoms with E-state index in [-0.39, 0.29) is 40.4 Å². The van der Waals surface area contributed by atoms with Crippen molar-refractivity contribution in [1.29, 1.82) is 0 Å². The Morgan fingerprint density at radius 2 is 1.30 bits per heavy atom. The van der Waals surface area contributed by atoms with Gasteiger partial charge in [0.25, 0.3) is 0 Å². The summed E-state index contributed by atoms with van der Waals surface area (Å²) in [6, 6.07) is 0. The fraction of sp³-hybridized carbons (Fsp3) is 0.714. The maximum Gasteiger partial charge on any atom is 1.00 e. The summed E-state index contributed by atoms with van der Waals surface area (Å²) in [7, 11) is 0. The van der Waals surface area contributed by atoms with Gasteiger partial charge in [0.15, 0.2) is 0 Å². The molecule has 0 N–H and O–H groups in total. The molecule has 0 rings (SSSR count). The summed E-state index contributed by atoms with van der Waals surface area (Å²) < 4.78 is 0. The molecule has 0 fully saturated rings. The van der Waals surface area contributed by atoms with Crippen molar-refractivity contribution >= 4 is 11.6 Å². The Balaban J connectivity index is 0. The zero-order valence-electron chi connectivity index (χ0n) is 6.24. The summed E-state index contributed by atoms with van der Waals surface area (Å²) in [6.07, 6.45) is 1.09. The molecule has 62 valence electrons. The molecule has 0 atom stereocenters. The molecule has 0 aromatic heterocycles. The van der Waals surface area contributed by atoms with Gasteiger partial charge in [-0.15, -0.1) is 0 Å². The van der Waals surface area contributed by atoms with Crippen LogP contribution in [0.5, 0.6) is 0 Å². The second-order valence-electron chi connectivity index (χ2n) is 1.96. The summed E-state index contributed by atoms with van der Waals surface area (Å²) in [5, 5.41) is 0. The number of hydrogen-bond acceptors (Lipinski definition) is 2. The van der Waals surface area contributed by atoms with Crippen molar-refractivity contribution in [1.82, 2.24) is 0 Å². The van der Waals surface area contributed by atoms with Gasteiger partial charge in [-0.05, 0) is 0 Å². The molecule has 0 aromatic carbocycles. The quantitative estimate of drug-likeness (QED) is 0.545. The van der Waals surface area contributed by atoms with Crippen LogP contribution >= 0.6 is 0 Å². The van der Waals surface area contributed by atoms with Crippen LogP contribution in [0.1, 0.15) is 33.1 Å². The van der Waals surface area contributed by atoms with Crippen LogP contribution in [0, 0.1) is 0 Å². The van der Waals surface area contributed by atoms with Gasteiger partial charge in [0, 0.05) is 12.8 Å². The normalized spacial score (nSPS) is 8.20. The molecule has 0 bridgehead atoms. The van der Waals surface area contributed by atoms with Crippen molar-refractivity contribution in [2.24, 2.45) is 0 Å². The average molecular weight is 236 g/mol. The van der Waals surface area contributed by atoms with Crippen molar-refractivity contribution in [3.05, 3.63) is 0 Å². The summed E-state index contributed by atoms with van der Waals surface area (Å²) in [5.41, 5.74) is 0. The molecule has 0 saturated heterocycles. The van der Waals surface area contributed by atoms with Crippen molar-refractivity contribution in [3.63, 3.8) is 0 Å². The summed E-state index contributed by atoms with van der Waals surface area (Å²) in [4.78, 5) is 21.1. The minimum atomic E-state index is 0. The van der Waals surface area contributed by atoms with Gasteiger partial charge >= 0.3 is 22.4 Å². The smallest absolute Gasteiger partial charge is 0.299 e. The minimum absolute atomic E-state index is 0. The molecule has 10 heavy (non-hydrogen) atoms. The van der Waals surface area contributed by atoms with Gasteiger partial charge in [-0.3, -0.25) is 9.59 Å². The predicted molar refractivity (Wildman–Crippen MR) is 35.2 cm³/mol. The molecule has 0 aliphatic carbocycles. The molecule has 0 saturated carbocycles. The average Bonchev–Trinajstić information content (AvgIpc) is 1.87. The topological polar surface area (TPSA) is 34.1 Å². The Kier molecular flexibility index (Phi) is 9.15. The van der Waals surface area contributed by atoms with E-state index in [0.717, 1.165) is 0 Å². The van der Waals surface area contributed by atoms with E-state index < -0.39 is 0 Å². The summed E-state index contributed by atoms with van der Waals surface area (Å²) in [6.45, 7) is 3.54. The molecule has 0 aliphatic heterocycles. The van der Waals surface area contributed by atoms with Crippen LogP contribution in [0.4, 0.5) is 0 Å². The van der Waals surface area contributed by atoms with E-state index in [1.807, 2.05) is 0 Å². The van der Waals surface area contributed by atoms with Gasteiger partial charge in [0.2, 0.25) is 0 Å². The number of rotatable bonds is 4. The molecule has 2 nitrogen and oxygen atoms in total. The molecular weight excluding hydrogens is 224 g/mol. The third-order valence-corrected chi connectivity index (χ3v) is 1.18. The van der Waals surface area contributed by atoms with E-state index in [9.17, 15) is 9.59 Å². The van der Waals surface area contributed by atoms with Crippen LogP contribution in [0.2, 0.25) is 0 Å². The summed E-state index contributed by atoms with van der Waals surface area (Å²) in [5.74, 6) is 0.0868. The van der Waals surface area contributed by atoms with Crippen LogP contribution in [-0.2, 0) is 32.0 Å². The molecule has 0 amide bonds. The van der Waals surface area contributed by atoms with Crippen molar-refractivity contribution < 1.29 is 32.0 Å². The van der Waals surface area contributed by atoms with E-state index in [1.54, 1.807) is 13.8 Å². The maximum absolute atomic E-state index is 10.6. The number of carbonyl (C=O) groups excluding carboxylic acids is 2. The largest absolute Gasteiger partial charge is 1.00 e. The molecular formula is C7H12AgO2+. The van der Waals surface area contributed by atoms with Gasteiger partial charge in [-0.2, -0.15) is 0 Å². The first-order valence-electron chi connectivity index (χ1n) is 3.24. The standard InChI is InChI=1S/C7H12O2.Ag/c1-3-6(8)5-7(9)4-2;/h3-5H2,1-2H3;/q;+1. The van der Waals surface area contributed by atoms with E-state index in [2.05, 4.69) is 0 Å². The predicted octanol–water partition coefficient (Wildman–Crippen LogP) is 1.33. The molecule has 0 spiro atoms.